The van der Waals surface area contributed by atoms with Gasteiger partial charge in [0.15, 0.2) is 0 Å². The van der Waals surface area contributed by atoms with Gasteiger partial charge in [0.1, 0.15) is 0 Å². The SMILES string of the molecule is C=CC(=Cc1cccs1)C(=O)OC. The van der Waals surface area contributed by atoms with Crippen molar-refractivity contribution in [3.63, 3.8) is 0 Å². The summed E-state index contributed by atoms with van der Waals surface area (Å²) in [5.41, 5.74) is 0.477. The summed E-state index contributed by atoms with van der Waals surface area (Å²) < 4.78 is 4.58. The van der Waals surface area contributed by atoms with Gasteiger partial charge in [-0.15, -0.1) is 11.3 Å². The molecule has 0 unspecified atom stereocenters. The Hall–Kier alpha value is -1.35. The van der Waals surface area contributed by atoms with Crippen molar-refractivity contribution in [2.24, 2.45) is 0 Å². The molecule has 0 radical (unpaired) electrons. The van der Waals surface area contributed by atoms with Crippen LogP contribution in [0, 0.1) is 0 Å². The van der Waals surface area contributed by atoms with Crippen LogP contribution in [0.4, 0.5) is 0 Å². The zero-order valence-corrected chi connectivity index (χ0v) is 8.14. The van der Waals surface area contributed by atoms with E-state index in [0.29, 0.717) is 5.57 Å². The van der Waals surface area contributed by atoms with Crippen molar-refractivity contribution in [3.05, 3.63) is 40.6 Å². The molecule has 3 heteroatoms. The van der Waals surface area contributed by atoms with Crippen LogP contribution in [0.15, 0.2) is 35.7 Å². The van der Waals surface area contributed by atoms with E-state index in [-0.39, 0.29) is 5.97 Å². The number of thiophene rings is 1. The first-order chi connectivity index (χ1) is 6.27. The van der Waals surface area contributed by atoms with Gasteiger partial charge in [0, 0.05) is 4.88 Å². The van der Waals surface area contributed by atoms with Crippen LogP contribution < -0.4 is 0 Å². The van der Waals surface area contributed by atoms with Crippen molar-refractivity contribution >= 4 is 23.4 Å². The van der Waals surface area contributed by atoms with Gasteiger partial charge >= 0.3 is 5.97 Å². The van der Waals surface area contributed by atoms with Gasteiger partial charge in [-0.05, 0) is 17.5 Å². The highest BCUT2D eigenvalue weighted by molar-refractivity contribution is 7.10. The van der Waals surface area contributed by atoms with Crippen LogP contribution in [0.5, 0.6) is 0 Å². The predicted octanol–water partition coefficient (Wildman–Crippen LogP) is 2.49. The van der Waals surface area contributed by atoms with E-state index < -0.39 is 0 Å². The fourth-order valence-electron chi connectivity index (χ4n) is 0.846. The van der Waals surface area contributed by atoms with Crippen molar-refractivity contribution in [3.8, 4) is 0 Å². The normalized spacial score (nSPS) is 11.0. The topological polar surface area (TPSA) is 26.3 Å². The molecular formula is C10H10O2S. The van der Waals surface area contributed by atoms with Crippen LogP contribution in [0.1, 0.15) is 4.88 Å². The number of esters is 1. The summed E-state index contributed by atoms with van der Waals surface area (Å²) in [6.45, 7) is 3.55. The third-order valence-corrected chi connectivity index (χ3v) is 2.30. The molecule has 1 rings (SSSR count). The van der Waals surface area contributed by atoms with E-state index in [0.717, 1.165) is 4.88 Å². The maximum atomic E-state index is 11.1. The van der Waals surface area contributed by atoms with Gasteiger partial charge in [0.25, 0.3) is 0 Å². The lowest BCUT2D eigenvalue weighted by molar-refractivity contribution is -0.135. The molecule has 0 saturated carbocycles. The quantitative estimate of drug-likeness (QED) is 0.420. The molecule has 0 aliphatic heterocycles. The second-order valence-corrected chi connectivity index (χ2v) is 3.29. The molecule has 1 aromatic rings. The van der Waals surface area contributed by atoms with E-state index >= 15 is 0 Å². The summed E-state index contributed by atoms with van der Waals surface area (Å²) in [5, 5.41) is 1.95. The number of hydrogen-bond acceptors (Lipinski definition) is 3. The van der Waals surface area contributed by atoms with Gasteiger partial charge in [-0.2, -0.15) is 0 Å². The number of rotatable bonds is 3. The van der Waals surface area contributed by atoms with Crippen LogP contribution in [0.3, 0.4) is 0 Å². The number of carbonyl (C=O) groups is 1. The summed E-state index contributed by atoms with van der Waals surface area (Å²) in [6.07, 6.45) is 3.25. The molecule has 0 bridgehead atoms. The highest BCUT2D eigenvalue weighted by Crippen LogP contribution is 2.14. The summed E-state index contributed by atoms with van der Waals surface area (Å²) in [5.74, 6) is -0.358. The van der Waals surface area contributed by atoms with Gasteiger partial charge in [-0.3, -0.25) is 0 Å². The number of hydrogen-bond donors (Lipinski definition) is 0. The second-order valence-electron chi connectivity index (χ2n) is 2.31. The summed E-state index contributed by atoms with van der Waals surface area (Å²) >= 11 is 1.56. The van der Waals surface area contributed by atoms with Crippen LogP contribution in [-0.4, -0.2) is 13.1 Å². The number of methoxy groups -OCH3 is 1. The number of ether oxygens (including phenoxy) is 1. The average molecular weight is 194 g/mol. The van der Waals surface area contributed by atoms with E-state index in [1.54, 1.807) is 17.4 Å². The third kappa shape index (κ3) is 2.56. The Morgan fingerprint density at radius 1 is 1.69 bits per heavy atom. The van der Waals surface area contributed by atoms with Crippen molar-refractivity contribution in [1.29, 1.82) is 0 Å². The molecule has 13 heavy (non-hydrogen) atoms. The largest absolute Gasteiger partial charge is 0.465 e. The average Bonchev–Trinajstić information content (AvgIpc) is 2.65. The highest BCUT2D eigenvalue weighted by atomic mass is 32.1. The summed E-state index contributed by atoms with van der Waals surface area (Å²) in [6, 6.07) is 3.85. The predicted molar refractivity (Wildman–Crippen MR) is 54.5 cm³/mol. The molecule has 0 amide bonds. The van der Waals surface area contributed by atoms with Gasteiger partial charge in [-0.1, -0.05) is 18.7 Å². The fraction of sp³-hybridized carbons (Fsp3) is 0.100. The number of carbonyl (C=O) groups excluding carboxylic acids is 1. The Morgan fingerprint density at radius 3 is 2.92 bits per heavy atom. The van der Waals surface area contributed by atoms with E-state index in [2.05, 4.69) is 11.3 Å². The highest BCUT2D eigenvalue weighted by Gasteiger charge is 2.04. The van der Waals surface area contributed by atoms with Gasteiger partial charge in [-0.25, -0.2) is 4.79 Å². The van der Waals surface area contributed by atoms with E-state index in [1.807, 2.05) is 17.5 Å². The maximum absolute atomic E-state index is 11.1. The summed E-state index contributed by atoms with van der Waals surface area (Å²) in [4.78, 5) is 12.1. The lowest BCUT2D eigenvalue weighted by Gasteiger charge is -1.97. The van der Waals surface area contributed by atoms with Crippen molar-refractivity contribution in [2.45, 2.75) is 0 Å². The molecule has 0 aromatic carbocycles. The smallest absolute Gasteiger partial charge is 0.337 e. The van der Waals surface area contributed by atoms with Crippen LogP contribution >= 0.6 is 11.3 Å². The minimum absolute atomic E-state index is 0.358. The molecule has 0 aliphatic rings. The molecule has 0 aliphatic carbocycles. The monoisotopic (exact) mass is 194 g/mol. The van der Waals surface area contributed by atoms with E-state index in [9.17, 15) is 4.79 Å². The van der Waals surface area contributed by atoms with E-state index in [4.69, 9.17) is 0 Å². The molecule has 0 spiro atoms. The Balaban J connectivity index is 2.89. The van der Waals surface area contributed by atoms with Crippen LogP contribution in [0.2, 0.25) is 0 Å². The Kier molecular flexibility index (Phi) is 3.46. The Bertz CT molecular complexity index is 323. The molecule has 0 N–H and O–H groups in total. The van der Waals surface area contributed by atoms with Crippen molar-refractivity contribution in [1.82, 2.24) is 0 Å². The molecule has 1 heterocycles. The van der Waals surface area contributed by atoms with Crippen molar-refractivity contribution in [2.75, 3.05) is 7.11 Å². The Labute approximate surface area is 81.2 Å². The van der Waals surface area contributed by atoms with E-state index in [1.165, 1.54) is 13.2 Å². The minimum Gasteiger partial charge on any atom is -0.465 e. The maximum Gasteiger partial charge on any atom is 0.337 e. The van der Waals surface area contributed by atoms with Crippen LogP contribution in [0.25, 0.3) is 6.08 Å². The zero-order valence-electron chi connectivity index (χ0n) is 7.32. The third-order valence-electron chi connectivity index (χ3n) is 1.48. The zero-order chi connectivity index (χ0) is 9.68. The van der Waals surface area contributed by atoms with Crippen LogP contribution in [-0.2, 0) is 9.53 Å². The molecule has 68 valence electrons. The minimum atomic E-state index is -0.358. The first-order valence-corrected chi connectivity index (χ1v) is 4.62. The molecule has 0 atom stereocenters. The molecule has 0 saturated heterocycles. The molecular weight excluding hydrogens is 184 g/mol. The first kappa shape index (κ1) is 9.74. The lowest BCUT2D eigenvalue weighted by atomic mass is 10.2. The van der Waals surface area contributed by atoms with Gasteiger partial charge < -0.3 is 4.74 Å². The van der Waals surface area contributed by atoms with Crippen molar-refractivity contribution < 1.29 is 9.53 Å². The molecule has 2 nitrogen and oxygen atoms in total. The first-order valence-electron chi connectivity index (χ1n) is 3.74. The van der Waals surface area contributed by atoms with Gasteiger partial charge in [0.2, 0.25) is 0 Å². The molecule has 1 aromatic heterocycles. The Morgan fingerprint density at radius 2 is 2.46 bits per heavy atom. The lowest BCUT2D eigenvalue weighted by Crippen LogP contribution is -2.01. The molecule has 0 fully saturated rings. The fourth-order valence-corrected chi connectivity index (χ4v) is 1.51. The second kappa shape index (κ2) is 4.62. The van der Waals surface area contributed by atoms with Gasteiger partial charge in [0.05, 0.1) is 12.7 Å². The standard InChI is InChI=1S/C10H10O2S/c1-3-8(10(11)12-2)7-9-5-4-6-13-9/h3-7H,1H2,2H3. The summed E-state index contributed by atoms with van der Waals surface area (Å²) in [7, 11) is 1.36.